The fraction of sp³-hybridized carbons (Fsp3) is 0.261. The van der Waals surface area contributed by atoms with Crippen molar-refractivity contribution in [3.05, 3.63) is 83.7 Å². The van der Waals surface area contributed by atoms with Gasteiger partial charge in [0.2, 0.25) is 0 Å². The molecule has 3 aromatic rings. The Morgan fingerprint density at radius 3 is 2.60 bits per heavy atom. The molecule has 2 aromatic heterocycles. The minimum Gasteiger partial charge on any atom is -0.338 e. The Hall–Kier alpha value is -3.61. The van der Waals surface area contributed by atoms with Gasteiger partial charge in [-0.25, -0.2) is 9.97 Å². The van der Waals surface area contributed by atoms with Crippen molar-refractivity contribution in [2.24, 2.45) is 0 Å². The van der Waals surface area contributed by atoms with Crippen molar-refractivity contribution in [2.45, 2.75) is 25.7 Å². The largest absolute Gasteiger partial charge is 0.338 e. The standard InChI is InChI=1S/C23H23N5O2/c1-16-20(22(29)27-19-7-3-2-4-8-19)14-25-21(26-16)18-6-5-13-28(15-18)23(30)17-9-11-24-12-10-17/h2-4,7-12,14,18H,5-6,13,15H2,1H3,(H,27,29)/t18-/m1/s1. The molecule has 1 aliphatic heterocycles. The highest BCUT2D eigenvalue weighted by Gasteiger charge is 2.27. The number of carbonyl (C=O) groups is 2. The maximum Gasteiger partial charge on any atom is 0.259 e. The number of aryl methyl sites for hydroxylation is 1. The van der Waals surface area contributed by atoms with E-state index in [0.717, 1.165) is 18.5 Å². The lowest BCUT2D eigenvalue weighted by Crippen LogP contribution is -2.39. The summed E-state index contributed by atoms with van der Waals surface area (Å²) in [5.74, 6) is 0.492. The number of nitrogens with zero attached hydrogens (tertiary/aromatic N) is 4. The second-order valence-electron chi connectivity index (χ2n) is 7.37. The van der Waals surface area contributed by atoms with Crippen LogP contribution in [0, 0.1) is 6.92 Å². The molecule has 1 aromatic carbocycles. The van der Waals surface area contributed by atoms with Crippen LogP contribution in [0.25, 0.3) is 0 Å². The van der Waals surface area contributed by atoms with E-state index in [2.05, 4.69) is 20.3 Å². The van der Waals surface area contributed by atoms with E-state index in [1.807, 2.05) is 42.2 Å². The highest BCUT2D eigenvalue weighted by molar-refractivity contribution is 6.04. The summed E-state index contributed by atoms with van der Waals surface area (Å²) in [5.41, 5.74) is 2.44. The molecule has 0 unspecified atom stereocenters. The van der Waals surface area contributed by atoms with Crippen molar-refractivity contribution in [3.63, 3.8) is 0 Å². The summed E-state index contributed by atoms with van der Waals surface area (Å²) in [4.78, 5) is 40.2. The predicted molar refractivity (Wildman–Crippen MR) is 113 cm³/mol. The SMILES string of the molecule is Cc1nc([C@@H]2CCCN(C(=O)c3ccncc3)C2)ncc1C(=O)Nc1ccccc1. The number of pyridine rings is 1. The third kappa shape index (κ3) is 4.35. The van der Waals surface area contributed by atoms with Crippen LogP contribution in [-0.2, 0) is 0 Å². The first kappa shape index (κ1) is 19.7. The first-order valence-corrected chi connectivity index (χ1v) is 10.0. The zero-order valence-corrected chi connectivity index (χ0v) is 16.8. The predicted octanol–water partition coefficient (Wildman–Crippen LogP) is 3.45. The third-order valence-corrected chi connectivity index (χ3v) is 5.28. The molecular formula is C23H23N5O2. The summed E-state index contributed by atoms with van der Waals surface area (Å²) in [6.07, 6.45) is 6.63. The summed E-state index contributed by atoms with van der Waals surface area (Å²) >= 11 is 0. The molecule has 30 heavy (non-hydrogen) atoms. The maximum absolute atomic E-state index is 12.8. The van der Waals surface area contributed by atoms with Crippen LogP contribution in [0.1, 0.15) is 51.0 Å². The van der Waals surface area contributed by atoms with Crippen LogP contribution in [0.4, 0.5) is 5.69 Å². The molecule has 0 radical (unpaired) electrons. The molecule has 1 atom stereocenters. The fourth-order valence-corrected chi connectivity index (χ4v) is 3.67. The number of aromatic nitrogens is 3. The quantitative estimate of drug-likeness (QED) is 0.723. The van der Waals surface area contributed by atoms with Crippen LogP contribution in [0.5, 0.6) is 0 Å². The number of likely N-dealkylation sites (tertiary alicyclic amines) is 1. The van der Waals surface area contributed by atoms with E-state index in [4.69, 9.17) is 0 Å². The summed E-state index contributed by atoms with van der Waals surface area (Å²) in [7, 11) is 0. The molecule has 2 amide bonds. The van der Waals surface area contributed by atoms with Gasteiger partial charge in [0.25, 0.3) is 11.8 Å². The van der Waals surface area contributed by atoms with Crippen molar-refractivity contribution >= 4 is 17.5 Å². The van der Waals surface area contributed by atoms with Gasteiger partial charge in [-0.15, -0.1) is 0 Å². The minimum atomic E-state index is -0.233. The minimum absolute atomic E-state index is 0.00215. The van der Waals surface area contributed by atoms with E-state index < -0.39 is 0 Å². The number of nitrogens with one attached hydrogen (secondary N) is 1. The lowest BCUT2D eigenvalue weighted by atomic mass is 9.96. The first-order valence-electron chi connectivity index (χ1n) is 10.0. The number of para-hydroxylation sites is 1. The molecule has 0 spiro atoms. The van der Waals surface area contributed by atoms with Crippen LogP contribution >= 0.6 is 0 Å². The number of carbonyl (C=O) groups excluding carboxylic acids is 2. The molecule has 7 nitrogen and oxygen atoms in total. The summed E-state index contributed by atoms with van der Waals surface area (Å²) in [5, 5.41) is 2.86. The van der Waals surface area contributed by atoms with Crippen LogP contribution < -0.4 is 5.32 Å². The molecule has 4 rings (SSSR count). The normalized spacial score (nSPS) is 16.2. The number of hydrogen-bond donors (Lipinski definition) is 1. The molecule has 1 fully saturated rings. The van der Waals surface area contributed by atoms with E-state index >= 15 is 0 Å². The average Bonchev–Trinajstić information content (AvgIpc) is 2.80. The monoisotopic (exact) mass is 401 g/mol. The number of piperidine rings is 1. The Kier molecular flexibility index (Phi) is 5.79. The van der Waals surface area contributed by atoms with Gasteiger partial charge >= 0.3 is 0 Å². The molecule has 0 bridgehead atoms. The van der Waals surface area contributed by atoms with E-state index in [1.165, 1.54) is 0 Å². The Morgan fingerprint density at radius 2 is 1.87 bits per heavy atom. The molecular weight excluding hydrogens is 378 g/mol. The van der Waals surface area contributed by atoms with E-state index in [9.17, 15) is 9.59 Å². The van der Waals surface area contributed by atoms with E-state index in [1.54, 1.807) is 30.7 Å². The van der Waals surface area contributed by atoms with Gasteiger partial charge in [-0.1, -0.05) is 18.2 Å². The second kappa shape index (κ2) is 8.82. The molecule has 1 saturated heterocycles. The first-order chi connectivity index (χ1) is 14.6. The number of rotatable bonds is 4. The van der Waals surface area contributed by atoms with Gasteiger partial charge in [-0.05, 0) is 44.0 Å². The third-order valence-electron chi connectivity index (χ3n) is 5.28. The molecule has 0 saturated carbocycles. The van der Waals surface area contributed by atoms with E-state index in [-0.39, 0.29) is 17.7 Å². The van der Waals surface area contributed by atoms with Crippen molar-refractivity contribution in [1.82, 2.24) is 19.9 Å². The summed E-state index contributed by atoms with van der Waals surface area (Å²) in [6, 6.07) is 12.7. The van der Waals surface area contributed by atoms with Crippen LogP contribution in [0.3, 0.4) is 0 Å². The molecule has 7 heteroatoms. The smallest absolute Gasteiger partial charge is 0.259 e. The fourth-order valence-electron chi connectivity index (χ4n) is 3.67. The van der Waals surface area contributed by atoms with Gasteiger partial charge in [-0.2, -0.15) is 0 Å². The van der Waals surface area contributed by atoms with Crippen LogP contribution in [0.2, 0.25) is 0 Å². The number of benzene rings is 1. The molecule has 3 heterocycles. The van der Waals surface area contributed by atoms with Crippen molar-refractivity contribution in [1.29, 1.82) is 0 Å². The average molecular weight is 401 g/mol. The molecule has 0 aliphatic carbocycles. The summed E-state index contributed by atoms with van der Waals surface area (Å²) < 4.78 is 0. The Labute approximate surface area is 175 Å². The van der Waals surface area contributed by atoms with Crippen LogP contribution in [0.15, 0.2) is 61.1 Å². The van der Waals surface area contributed by atoms with Crippen molar-refractivity contribution < 1.29 is 9.59 Å². The lowest BCUT2D eigenvalue weighted by Gasteiger charge is -2.32. The van der Waals surface area contributed by atoms with Gasteiger partial charge in [0.05, 0.1) is 11.3 Å². The highest BCUT2D eigenvalue weighted by Crippen LogP contribution is 2.26. The second-order valence-corrected chi connectivity index (χ2v) is 7.37. The van der Waals surface area contributed by atoms with E-state index in [0.29, 0.717) is 35.7 Å². The maximum atomic E-state index is 12.8. The molecule has 152 valence electrons. The topological polar surface area (TPSA) is 88.1 Å². The number of amides is 2. The number of anilines is 1. The summed E-state index contributed by atoms with van der Waals surface area (Å²) in [6.45, 7) is 3.10. The van der Waals surface area contributed by atoms with Crippen molar-refractivity contribution in [2.75, 3.05) is 18.4 Å². The lowest BCUT2D eigenvalue weighted by molar-refractivity contribution is 0.0704. The van der Waals surface area contributed by atoms with Gasteiger partial charge in [-0.3, -0.25) is 14.6 Å². The molecule has 1 N–H and O–H groups in total. The van der Waals surface area contributed by atoms with Gasteiger partial charge < -0.3 is 10.2 Å². The van der Waals surface area contributed by atoms with Gasteiger partial charge in [0.1, 0.15) is 5.82 Å². The Bertz CT molecular complexity index is 1040. The zero-order chi connectivity index (χ0) is 20.9. The van der Waals surface area contributed by atoms with Crippen LogP contribution in [-0.4, -0.2) is 44.8 Å². The Balaban J connectivity index is 1.47. The number of hydrogen-bond acceptors (Lipinski definition) is 5. The molecule has 1 aliphatic rings. The zero-order valence-electron chi connectivity index (χ0n) is 16.8. The van der Waals surface area contributed by atoms with Gasteiger partial charge in [0.15, 0.2) is 0 Å². The van der Waals surface area contributed by atoms with Crippen molar-refractivity contribution in [3.8, 4) is 0 Å². The Morgan fingerprint density at radius 1 is 1.10 bits per heavy atom. The highest BCUT2D eigenvalue weighted by atomic mass is 16.2. The van der Waals surface area contributed by atoms with Gasteiger partial charge in [0, 0.05) is 48.8 Å².